The van der Waals surface area contributed by atoms with Crippen molar-refractivity contribution >= 4 is 38.7 Å². The van der Waals surface area contributed by atoms with Crippen molar-refractivity contribution in [1.29, 1.82) is 5.26 Å². The van der Waals surface area contributed by atoms with Gasteiger partial charge in [0.1, 0.15) is 28.9 Å². The van der Waals surface area contributed by atoms with E-state index in [2.05, 4.69) is 43.1 Å². The molecule has 2 aromatic rings. The second-order valence-electron chi connectivity index (χ2n) is 6.96. The van der Waals surface area contributed by atoms with Crippen molar-refractivity contribution in [3.05, 3.63) is 23.0 Å². The number of nitrogens with zero attached hydrogens (tertiary/aromatic N) is 6. The summed E-state index contributed by atoms with van der Waals surface area (Å²) in [5, 5.41) is 12.8. The van der Waals surface area contributed by atoms with Crippen LogP contribution >= 0.6 is 21.9 Å². The Morgan fingerprint density at radius 2 is 2.00 bits per heavy atom. The van der Waals surface area contributed by atoms with E-state index in [9.17, 15) is 9.11 Å². The van der Waals surface area contributed by atoms with E-state index >= 15 is 0 Å². The minimum absolute atomic E-state index is 0.291. The molecular weight excluding hydrogens is 398 g/mol. The quantitative estimate of drug-likeness (QED) is 0.668. The molecule has 0 amide bonds. The van der Waals surface area contributed by atoms with Gasteiger partial charge in [0.2, 0.25) is 0 Å². The first kappa shape index (κ1) is 19.4. The molecule has 4 heterocycles. The fourth-order valence-corrected chi connectivity index (χ4v) is 5.84. The van der Waals surface area contributed by atoms with Gasteiger partial charge in [-0.3, -0.25) is 14.0 Å². The number of hydrogen-bond donors (Lipinski definition) is 3. The lowest BCUT2D eigenvalue weighted by atomic mass is 10.1. The zero-order valence-corrected chi connectivity index (χ0v) is 17.2. The van der Waals surface area contributed by atoms with E-state index < -0.39 is 10.6 Å². The molecular formula is C17H23N7O2S2. The van der Waals surface area contributed by atoms with Gasteiger partial charge in [-0.25, -0.2) is 15.0 Å². The molecule has 3 N–H and O–H groups in total. The molecule has 0 spiro atoms. The number of aromatic nitrogens is 3. The Balaban J connectivity index is 1.45. The predicted octanol–water partition coefficient (Wildman–Crippen LogP) is 2.37. The molecule has 0 saturated carbocycles. The van der Waals surface area contributed by atoms with Crippen molar-refractivity contribution in [2.75, 3.05) is 47.9 Å². The van der Waals surface area contributed by atoms with Crippen LogP contribution in [0.2, 0.25) is 0 Å². The summed E-state index contributed by atoms with van der Waals surface area (Å²) in [6.07, 6.45) is 3.89. The summed E-state index contributed by atoms with van der Waals surface area (Å²) in [4.78, 5) is 18.3. The van der Waals surface area contributed by atoms with Gasteiger partial charge in [0, 0.05) is 37.8 Å². The summed E-state index contributed by atoms with van der Waals surface area (Å²) in [6, 6.07) is 2.38. The van der Waals surface area contributed by atoms with E-state index in [-0.39, 0.29) is 0 Å². The molecule has 2 aliphatic rings. The topological polar surface area (TPSA) is 121 Å². The maximum atomic E-state index is 9.64. The third kappa shape index (κ3) is 3.92. The molecule has 150 valence electrons. The second-order valence-corrected chi connectivity index (χ2v) is 10.3. The Morgan fingerprint density at radius 1 is 1.25 bits per heavy atom. The van der Waals surface area contributed by atoms with Gasteiger partial charge in [0.25, 0.3) is 0 Å². The summed E-state index contributed by atoms with van der Waals surface area (Å²) in [5.41, 5.74) is 1.03. The van der Waals surface area contributed by atoms with Crippen molar-refractivity contribution in [1.82, 2.24) is 19.9 Å². The normalized spacial score (nSPS) is 21.0. The van der Waals surface area contributed by atoms with Crippen LogP contribution in [0.3, 0.4) is 0 Å². The van der Waals surface area contributed by atoms with Crippen LogP contribution in [0, 0.1) is 11.3 Å². The number of nitriles is 1. The predicted molar refractivity (Wildman–Crippen MR) is 112 cm³/mol. The highest BCUT2D eigenvalue weighted by atomic mass is 32.3. The maximum Gasteiger partial charge on any atom is 0.189 e. The lowest BCUT2D eigenvalue weighted by Gasteiger charge is -2.53. The van der Waals surface area contributed by atoms with Crippen LogP contribution in [0.4, 0.5) is 16.8 Å². The highest BCUT2D eigenvalue weighted by molar-refractivity contribution is 8.25. The van der Waals surface area contributed by atoms with Crippen LogP contribution < -0.4 is 10.2 Å². The monoisotopic (exact) mass is 421 g/mol. The Hall–Kier alpha value is -1.97. The summed E-state index contributed by atoms with van der Waals surface area (Å²) < 4.78 is 19.3. The van der Waals surface area contributed by atoms with E-state index in [1.807, 2.05) is 0 Å². The summed E-state index contributed by atoms with van der Waals surface area (Å²) >= 11 is 1.30. The molecule has 4 rings (SSSR count). The van der Waals surface area contributed by atoms with Gasteiger partial charge < -0.3 is 10.2 Å². The fraction of sp³-hybridized carbons (Fsp3) is 0.529. The summed E-state index contributed by atoms with van der Waals surface area (Å²) in [7, 11) is -2.30. The summed E-state index contributed by atoms with van der Waals surface area (Å²) in [6.45, 7) is 5.53. The van der Waals surface area contributed by atoms with Crippen molar-refractivity contribution in [2.24, 2.45) is 0 Å². The molecule has 2 aromatic heterocycles. The number of piperazine rings is 1. The van der Waals surface area contributed by atoms with Gasteiger partial charge in [-0.2, -0.15) is 15.9 Å². The number of hydrogen-bond acceptors (Lipinski definition) is 10. The molecule has 11 heteroatoms. The zero-order chi connectivity index (χ0) is 19.7. The van der Waals surface area contributed by atoms with Crippen LogP contribution in [-0.2, 0) is 6.42 Å². The molecule has 9 nitrogen and oxygen atoms in total. The van der Waals surface area contributed by atoms with Gasteiger partial charge >= 0.3 is 0 Å². The molecule has 0 radical (unpaired) electrons. The van der Waals surface area contributed by atoms with Crippen LogP contribution in [0.1, 0.15) is 17.4 Å². The molecule has 2 aliphatic heterocycles. The molecule has 0 aromatic carbocycles. The first-order valence-corrected chi connectivity index (χ1v) is 11.9. The van der Waals surface area contributed by atoms with Crippen molar-refractivity contribution in [3.63, 3.8) is 0 Å². The molecule has 0 bridgehead atoms. The molecule has 0 atom stereocenters. The number of rotatable bonds is 5. The Bertz CT molecular complexity index is 882. The third-order valence-corrected chi connectivity index (χ3v) is 7.82. The van der Waals surface area contributed by atoms with E-state index in [1.54, 1.807) is 12.5 Å². The standard InChI is InChI=1S/C17H23N7O2S2/c1-2-14-15(22-17-19-8-13(7-18)27-17)20-11-21-16(14)24-5-3-23(4-6-24)12-9-28(25,26)10-12/h8,11-12,25-26H,2-6,9-10H2,1H3,(H,19,20,21,22). The van der Waals surface area contributed by atoms with Crippen LogP contribution in [-0.4, -0.2) is 72.7 Å². The molecule has 2 saturated heterocycles. The highest BCUT2D eigenvalue weighted by Gasteiger charge is 2.38. The van der Waals surface area contributed by atoms with Crippen LogP contribution in [0.15, 0.2) is 12.5 Å². The molecule has 0 unspecified atom stereocenters. The second kappa shape index (κ2) is 7.81. The number of nitrogens with one attached hydrogen (secondary N) is 1. The van der Waals surface area contributed by atoms with Crippen molar-refractivity contribution < 1.29 is 9.11 Å². The largest absolute Gasteiger partial charge is 0.354 e. The van der Waals surface area contributed by atoms with Gasteiger partial charge in [0.05, 0.1) is 17.7 Å². The van der Waals surface area contributed by atoms with Gasteiger partial charge in [0.15, 0.2) is 5.13 Å². The highest BCUT2D eigenvalue weighted by Crippen LogP contribution is 2.50. The van der Waals surface area contributed by atoms with Gasteiger partial charge in [-0.1, -0.05) is 18.3 Å². The third-order valence-electron chi connectivity index (χ3n) is 5.17. The Kier molecular flexibility index (Phi) is 5.39. The van der Waals surface area contributed by atoms with Crippen molar-refractivity contribution in [2.45, 2.75) is 19.4 Å². The van der Waals surface area contributed by atoms with Crippen LogP contribution in [0.25, 0.3) is 0 Å². The minimum Gasteiger partial charge on any atom is -0.354 e. The average molecular weight is 422 g/mol. The lowest BCUT2D eigenvalue weighted by Crippen LogP contribution is -2.57. The molecule has 28 heavy (non-hydrogen) atoms. The summed E-state index contributed by atoms with van der Waals surface area (Å²) in [5.74, 6) is 2.66. The minimum atomic E-state index is -2.30. The first-order chi connectivity index (χ1) is 13.5. The first-order valence-electron chi connectivity index (χ1n) is 9.18. The molecule has 2 fully saturated rings. The van der Waals surface area contributed by atoms with Crippen LogP contribution in [0.5, 0.6) is 0 Å². The zero-order valence-electron chi connectivity index (χ0n) is 15.6. The fourth-order valence-electron chi connectivity index (χ4n) is 3.67. The van der Waals surface area contributed by atoms with E-state index in [0.717, 1.165) is 49.8 Å². The lowest BCUT2D eigenvalue weighted by molar-refractivity contribution is 0.194. The van der Waals surface area contributed by atoms with E-state index in [0.29, 0.717) is 27.6 Å². The van der Waals surface area contributed by atoms with E-state index in [1.165, 1.54) is 11.3 Å². The Morgan fingerprint density at radius 3 is 2.61 bits per heavy atom. The number of anilines is 3. The average Bonchev–Trinajstić information content (AvgIpc) is 3.13. The van der Waals surface area contributed by atoms with Gasteiger partial charge in [-0.15, -0.1) is 0 Å². The maximum absolute atomic E-state index is 9.64. The SMILES string of the molecule is CCc1c(Nc2ncc(C#N)s2)ncnc1N1CCN(C2CS(O)(O)C2)CC1. The van der Waals surface area contributed by atoms with Crippen molar-refractivity contribution in [3.8, 4) is 6.07 Å². The van der Waals surface area contributed by atoms with E-state index in [4.69, 9.17) is 5.26 Å². The molecule has 0 aliphatic carbocycles. The smallest absolute Gasteiger partial charge is 0.189 e. The van der Waals surface area contributed by atoms with Gasteiger partial charge in [-0.05, 0) is 6.42 Å². The Labute approximate surface area is 169 Å². The number of thiazole rings is 1.